The van der Waals surface area contributed by atoms with Gasteiger partial charge in [-0.05, 0) is 43.4 Å². The molecular weight excluding hydrogens is 331 g/mol. The van der Waals surface area contributed by atoms with Crippen LogP contribution in [0.15, 0.2) is 18.2 Å². The molecule has 0 radical (unpaired) electrons. The summed E-state index contributed by atoms with van der Waals surface area (Å²) in [4.78, 5) is 16.8. The second-order valence-electron chi connectivity index (χ2n) is 6.83. The zero-order chi connectivity index (χ0) is 16.4. The summed E-state index contributed by atoms with van der Waals surface area (Å²) in [5.41, 5.74) is 1.19. The van der Waals surface area contributed by atoms with E-state index in [4.69, 9.17) is 23.2 Å². The molecule has 1 aromatic carbocycles. The van der Waals surface area contributed by atoms with Gasteiger partial charge in [0.25, 0.3) is 0 Å². The van der Waals surface area contributed by atoms with Gasteiger partial charge in [0.05, 0.1) is 10.0 Å². The standard InChI is InChI=1S/C18H24Cl2N2O/c1-21(18(23)14-3-2-4-14)15-7-9-22(10-8-15)12-13-5-6-16(19)17(20)11-13/h5-6,11,14-15H,2-4,7-10,12H2,1H3. The highest BCUT2D eigenvalue weighted by Gasteiger charge is 2.32. The lowest BCUT2D eigenvalue weighted by Gasteiger charge is -2.39. The summed E-state index contributed by atoms with van der Waals surface area (Å²) < 4.78 is 0. The highest BCUT2D eigenvalue weighted by atomic mass is 35.5. The number of likely N-dealkylation sites (tertiary alicyclic amines) is 1. The molecule has 1 aromatic rings. The Hall–Kier alpha value is -0.770. The van der Waals surface area contributed by atoms with Crippen LogP contribution in [0.1, 0.15) is 37.7 Å². The molecule has 1 heterocycles. The van der Waals surface area contributed by atoms with E-state index < -0.39 is 0 Å². The van der Waals surface area contributed by atoms with E-state index in [1.807, 2.05) is 30.1 Å². The van der Waals surface area contributed by atoms with Crippen LogP contribution in [0, 0.1) is 5.92 Å². The van der Waals surface area contributed by atoms with Crippen LogP contribution >= 0.6 is 23.2 Å². The van der Waals surface area contributed by atoms with Gasteiger partial charge in [-0.25, -0.2) is 0 Å². The third-order valence-electron chi connectivity index (χ3n) is 5.30. The largest absolute Gasteiger partial charge is 0.342 e. The lowest BCUT2D eigenvalue weighted by atomic mass is 9.84. The fourth-order valence-electron chi connectivity index (χ4n) is 3.48. The Morgan fingerprint density at radius 1 is 1.17 bits per heavy atom. The fourth-order valence-corrected chi connectivity index (χ4v) is 3.80. The van der Waals surface area contributed by atoms with Gasteiger partial charge in [0, 0.05) is 38.6 Å². The number of hydrogen-bond acceptors (Lipinski definition) is 2. The minimum atomic E-state index is 0.300. The van der Waals surface area contributed by atoms with Crippen LogP contribution in [0.4, 0.5) is 0 Å². The SMILES string of the molecule is CN(C(=O)C1CCC1)C1CCN(Cc2ccc(Cl)c(Cl)c2)CC1. The molecule has 0 spiro atoms. The number of hydrogen-bond donors (Lipinski definition) is 0. The van der Waals surface area contributed by atoms with Crippen molar-refractivity contribution in [3.8, 4) is 0 Å². The van der Waals surface area contributed by atoms with Gasteiger partial charge in [-0.1, -0.05) is 35.7 Å². The van der Waals surface area contributed by atoms with Crippen LogP contribution in [0.25, 0.3) is 0 Å². The molecular formula is C18H24Cl2N2O. The Labute approximate surface area is 148 Å². The van der Waals surface area contributed by atoms with Crippen molar-refractivity contribution in [1.82, 2.24) is 9.80 Å². The zero-order valence-electron chi connectivity index (χ0n) is 13.6. The Kier molecular flexibility index (Phi) is 5.50. The average molecular weight is 355 g/mol. The Morgan fingerprint density at radius 3 is 2.43 bits per heavy atom. The smallest absolute Gasteiger partial charge is 0.225 e. The molecule has 1 amide bonds. The number of piperidine rings is 1. The van der Waals surface area contributed by atoms with E-state index >= 15 is 0 Å². The van der Waals surface area contributed by atoms with Gasteiger partial charge in [0.1, 0.15) is 0 Å². The van der Waals surface area contributed by atoms with Gasteiger partial charge >= 0.3 is 0 Å². The molecule has 0 unspecified atom stereocenters. The highest BCUT2D eigenvalue weighted by molar-refractivity contribution is 6.42. The third-order valence-corrected chi connectivity index (χ3v) is 6.04. The minimum Gasteiger partial charge on any atom is -0.342 e. The van der Waals surface area contributed by atoms with Crippen molar-refractivity contribution >= 4 is 29.1 Å². The molecule has 2 aliphatic rings. The molecule has 0 bridgehead atoms. The Balaban J connectivity index is 1.49. The molecule has 3 nitrogen and oxygen atoms in total. The van der Waals surface area contributed by atoms with E-state index in [1.165, 1.54) is 12.0 Å². The lowest BCUT2D eigenvalue weighted by Crippen LogP contribution is -2.48. The predicted molar refractivity (Wildman–Crippen MR) is 94.9 cm³/mol. The summed E-state index contributed by atoms with van der Waals surface area (Å²) >= 11 is 12.1. The van der Waals surface area contributed by atoms with Gasteiger partial charge in [-0.3, -0.25) is 9.69 Å². The molecule has 1 aliphatic heterocycles. The number of benzene rings is 1. The maximum atomic E-state index is 12.4. The first kappa shape index (κ1) is 17.1. The topological polar surface area (TPSA) is 23.6 Å². The van der Waals surface area contributed by atoms with Crippen molar-refractivity contribution in [2.24, 2.45) is 5.92 Å². The molecule has 1 aliphatic carbocycles. The first-order chi connectivity index (χ1) is 11.0. The summed E-state index contributed by atoms with van der Waals surface area (Å²) in [5.74, 6) is 0.661. The molecule has 126 valence electrons. The summed E-state index contributed by atoms with van der Waals surface area (Å²) in [6.45, 7) is 2.93. The van der Waals surface area contributed by atoms with Crippen LogP contribution < -0.4 is 0 Å². The maximum absolute atomic E-state index is 12.4. The molecule has 0 N–H and O–H groups in total. The van der Waals surface area contributed by atoms with E-state index in [0.717, 1.165) is 45.3 Å². The third kappa shape index (κ3) is 4.01. The normalized spacial score (nSPS) is 20.3. The number of rotatable bonds is 4. The number of carbonyl (C=O) groups excluding carboxylic acids is 1. The summed E-state index contributed by atoms with van der Waals surface area (Å²) in [7, 11) is 1.99. The van der Waals surface area contributed by atoms with Gasteiger partial charge in [0.15, 0.2) is 0 Å². The van der Waals surface area contributed by atoms with Gasteiger partial charge in [-0.15, -0.1) is 0 Å². The fraction of sp³-hybridized carbons (Fsp3) is 0.611. The van der Waals surface area contributed by atoms with Crippen molar-refractivity contribution in [3.05, 3.63) is 33.8 Å². The van der Waals surface area contributed by atoms with Gasteiger partial charge < -0.3 is 4.90 Å². The Bertz CT molecular complexity index is 566. The Morgan fingerprint density at radius 2 is 1.87 bits per heavy atom. The zero-order valence-corrected chi connectivity index (χ0v) is 15.1. The van der Waals surface area contributed by atoms with Crippen molar-refractivity contribution in [3.63, 3.8) is 0 Å². The summed E-state index contributed by atoms with van der Waals surface area (Å²) in [6.07, 6.45) is 5.48. The molecule has 3 rings (SSSR count). The molecule has 1 saturated carbocycles. The predicted octanol–water partition coefficient (Wildman–Crippen LogP) is 4.22. The number of amides is 1. The van der Waals surface area contributed by atoms with Gasteiger partial charge in [0.2, 0.25) is 5.91 Å². The number of halogens is 2. The van der Waals surface area contributed by atoms with Crippen LogP contribution in [0.5, 0.6) is 0 Å². The van der Waals surface area contributed by atoms with E-state index in [-0.39, 0.29) is 0 Å². The summed E-state index contributed by atoms with van der Waals surface area (Å²) in [6, 6.07) is 6.24. The molecule has 23 heavy (non-hydrogen) atoms. The monoisotopic (exact) mass is 354 g/mol. The van der Waals surface area contributed by atoms with E-state index in [0.29, 0.717) is 27.9 Å². The average Bonchev–Trinajstić information content (AvgIpc) is 2.49. The molecule has 2 fully saturated rings. The van der Waals surface area contributed by atoms with Crippen molar-refractivity contribution < 1.29 is 4.79 Å². The van der Waals surface area contributed by atoms with Crippen LogP contribution in [-0.2, 0) is 11.3 Å². The quantitative estimate of drug-likeness (QED) is 0.808. The molecule has 0 aromatic heterocycles. The second-order valence-corrected chi connectivity index (χ2v) is 7.65. The van der Waals surface area contributed by atoms with Gasteiger partial charge in [-0.2, -0.15) is 0 Å². The maximum Gasteiger partial charge on any atom is 0.225 e. The van der Waals surface area contributed by atoms with Crippen LogP contribution in [-0.4, -0.2) is 41.9 Å². The molecule has 5 heteroatoms. The van der Waals surface area contributed by atoms with Crippen molar-refractivity contribution in [1.29, 1.82) is 0 Å². The minimum absolute atomic E-state index is 0.300. The van der Waals surface area contributed by atoms with Crippen LogP contribution in [0.2, 0.25) is 10.0 Å². The lowest BCUT2D eigenvalue weighted by molar-refractivity contribution is -0.139. The molecule has 0 atom stereocenters. The number of carbonyl (C=O) groups is 1. The van der Waals surface area contributed by atoms with E-state index in [9.17, 15) is 4.79 Å². The first-order valence-corrected chi connectivity index (χ1v) is 9.23. The van der Waals surface area contributed by atoms with Crippen molar-refractivity contribution in [2.75, 3.05) is 20.1 Å². The molecule has 1 saturated heterocycles. The second kappa shape index (κ2) is 7.42. The number of nitrogens with zero attached hydrogens (tertiary/aromatic N) is 2. The van der Waals surface area contributed by atoms with E-state index in [2.05, 4.69) is 4.90 Å². The van der Waals surface area contributed by atoms with Crippen molar-refractivity contribution in [2.45, 2.75) is 44.7 Å². The first-order valence-electron chi connectivity index (χ1n) is 8.47. The van der Waals surface area contributed by atoms with Crippen LogP contribution in [0.3, 0.4) is 0 Å². The van der Waals surface area contributed by atoms with E-state index in [1.54, 1.807) is 0 Å². The highest BCUT2D eigenvalue weighted by Crippen LogP contribution is 2.30. The summed E-state index contributed by atoms with van der Waals surface area (Å²) in [5, 5.41) is 1.22.